The Morgan fingerprint density at radius 3 is 2.13 bits per heavy atom. The molecule has 0 aliphatic heterocycles. The van der Waals surface area contributed by atoms with Crippen LogP contribution in [0, 0.1) is 0 Å². The predicted octanol–water partition coefficient (Wildman–Crippen LogP) is 3.61. The van der Waals surface area contributed by atoms with Crippen molar-refractivity contribution >= 4 is 29.4 Å². The normalized spacial score (nSPS) is 12.4. The van der Waals surface area contributed by atoms with Crippen LogP contribution >= 0.6 is 11.2 Å². The van der Waals surface area contributed by atoms with E-state index in [4.69, 9.17) is 0 Å². The molecule has 0 aromatic rings. The summed E-state index contributed by atoms with van der Waals surface area (Å²) < 4.78 is 0. The van der Waals surface area contributed by atoms with E-state index in [2.05, 4.69) is 25.1 Å². The zero-order valence-electron chi connectivity index (χ0n) is 10.9. The maximum Gasteiger partial charge on any atom is 0.0851 e. The maximum absolute atomic E-state index is 2.35. The summed E-state index contributed by atoms with van der Waals surface area (Å²) in [4.78, 5) is 0. The molecule has 0 heterocycles. The molecule has 92 valence electrons. The molecule has 0 fully saturated rings. The Morgan fingerprint density at radius 2 is 1.47 bits per heavy atom. The molecule has 0 atom stereocenters. The van der Waals surface area contributed by atoms with Gasteiger partial charge in [-0.15, -0.1) is 0 Å². The first-order chi connectivity index (χ1) is 7.41. The largest absolute Gasteiger partial charge is 0.194 e. The molecule has 3 heteroatoms. The van der Waals surface area contributed by atoms with Crippen molar-refractivity contribution in [2.24, 2.45) is 0 Å². The second kappa shape index (κ2) is 14.8. The Hall–Kier alpha value is 0.784. The molecule has 0 saturated carbocycles. The lowest BCUT2D eigenvalue weighted by Gasteiger charge is -2.01. The summed E-state index contributed by atoms with van der Waals surface area (Å²) in [5.74, 6) is 1.46. The van der Waals surface area contributed by atoms with E-state index in [1.165, 1.54) is 56.4 Å². The molecule has 0 unspecified atom stereocenters. The van der Waals surface area contributed by atoms with Gasteiger partial charge in [0.05, 0.1) is 8.67 Å². The zero-order valence-corrected chi connectivity index (χ0v) is 14.5. The van der Waals surface area contributed by atoms with E-state index in [9.17, 15) is 0 Å². The van der Waals surface area contributed by atoms with Crippen molar-refractivity contribution in [3.8, 4) is 0 Å². The van der Waals surface area contributed by atoms with Crippen molar-refractivity contribution in [3.05, 3.63) is 0 Å². The van der Waals surface area contributed by atoms with E-state index in [-0.39, 0.29) is 8.67 Å². The molecule has 0 rings (SSSR count). The van der Waals surface area contributed by atoms with Gasteiger partial charge >= 0.3 is 0 Å². The molecule has 15 heavy (non-hydrogen) atoms. The highest BCUT2D eigenvalue weighted by Gasteiger charge is 1.92. The van der Waals surface area contributed by atoms with E-state index in [1.54, 1.807) is 6.04 Å². The molecule has 0 spiro atoms. The molecule has 0 aromatic heterocycles. The fraction of sp³-hybridized carbons (Fsp3) is 1.00. The molecule has 0 amide bonds. The Balaban J connectivity index is 2.81. The minimum absolute atomic E-state index is 0.289. The van der Waals surface area contributed by atoms with Crippen molar-refractivity contribution in [1.82, 2.24) is 0 Å². The smallest absolute Gasteiger partial charge is 0.0851 e. The van der Waals surface area contributed by atoms with Crippen molar-refractivity contribution in [1.29, 1.82) is 0 Å². The molecule has 0 aliphatic rings. The Morgan fingerprint density at radius 1 is 0.800 bits per heavy atom. The third-order valence-electron chi connectivity index (χ3n) is 2.74. The van der Waals surface area contributed by atoms with E-state index < -0.39 is 0 Å². The van der Waals surface area contributed by atoms with Gasteiger partial charge in [0.15, 0.2) is 0 Å². The first kappa shape index (κ1) is 15.8. The van der Waals surface area contributed by atoms with E-state index in [1.807, 2.05) is 0 Å². The van der Waals surface area contributed by atoms with Crippen LogP contribution in [0.4, 0.5) is 0 Å². The summed E-state index contributed by atoms with van der Waals surface area (Å²) in [6.07, 6.45) is 9.05. The minimum atomic E-state index is 0.289. The Kier molecular flexibility index (Phi) is 15.6. The quantitative estimate of drug-likeness (QED) is 0.382. The number of rotatable bonds is 12. The van der Waals surface area contributed by atoms with Gasteiger partial charge in [-0.25, -0.2) is 0 Å². The number of hydrogen-bond acceptors (Lipinski definition) is 1. The molecule has 0 nitrogen and oxygen atoms in total. The zero-order chi connectivity index (χ0) is 11.2. The average molecular weight is 263 g/mol. The van der Waals surface area contributed by atoms with Gasteiger partial charge in [0.25, 0.3) is 0 Å². The standard InChI is InChI=1S/C12H30SSi2/c1-3-14-12-10-8-6-5-7-9-11-13-15-4-2/h3-12,14-15H2,1-2H3. The van der Waals surface area contributed by atoms with Crippen molar-refractivity contribution in [2.75, 3.05) is 5.75 Å². The summed E-state index contributed by atoms with van der Waals surface area (Å²) in [7, 11) is 0.659. The van der Waals surface area contributed by atoms with Gasteiger partial charge in [0.2, 0.25) is 0 Å². The van der Waals surface area contributed by atoms with Gasteiger partial charge < -0.3 is 0 Å². The summed E-state index contributed by atoms with van der Waals surface area (Å²) in [5.41, 5.74) is 0. The van der Waals surface area contributed by atoms with Crippen molar-refractivity contribution in [3.63, 3.8) is 0 Å². The van der Waals surface area contributed by atoms with Crippen molar-refractivity contribution in [2.45, 2.75) is 70.5 Å². The lowest BCUT2D eigenvalue weighted by Crippen LogP contribution is -1.88. The van der Waals surface area contributed by atoms with Crippen LogP contribution in [0.5, 0.6) is 0 Å². The average Bonchev–Trinajstić information content (AvgIpc) is 2.26. The molecular weight excluding hydrogens is 232 g/mol. The lowest BCUT2D eigenvalue weighted by molar-refractivity contribution is 0.626. The van der Waals surface area contributed by atoms with Crippen LogP contribution in [-0.2, 0) is 0 Å². The molecule has 0 radical (unpaired) electrons. The van der Waals surface area contributed by atoms with Gasteiger partial charge in [-0.05, 0) is 12.2 Å². The van der Waals surface area contributed by atoms with E-state index in [0.29, 0.717) is 9.52 Å². The first-order valence-corrected chi connectivity index (χ1v) is 12.9. The second-order valence-corrected chi connectivity index (χ2v) is 11.5. The van der Waals surface area contributed by atoms with Crippen LogP contribution in [0.25, 0.3) is 0 Å². The highest BCUT2D eigenvalue weighted by Crippen LogP contribution is 2.10. The monoisotopic (exact) mass is 262 g/mol. The highest BCUT2D eigenvalue weighted by molar-refractivity contribution is 8.22. The topological polar surface area (TPSA) is 0 Å². The van der Waals surface area contributed by atoms with Crippen LogP contribution in [-0.4, -0.2) is 23.9 Å². The van der Waals surface area contributed by atoms with E-state index >= 15 is 0 Å². The first-order valence-electron chi connectivity index (χ1n) is 6.99. The van der Waals surface area contributed by atoms with Gasteiger partial charge in [-0.2, -0.15) is 11.2 Å². The fourth-order valence-corrected chi connectivity index (χ4v) is 5.96. The summed E-state index contributed by atoms with van der Waals surface area (Å²) >= 11 is 2.27. The number of unbranched alkanes of at least 4 members (excludes halogenated alkanes) is 5. The SMILES string of the molecule is CC[SiH2]CCCCCCCCS[SiH2]CC. The van der Waals surface area contributed by atoms with Gasteiger partial charge in [-0.3, -0.25) is 0 Å². The Labute approximate surface area is 106 Å². The maximum atomic E-state index is 2.35. The molecular formula is C12H30SSi2. The third-order valence-corrected chi connectivity index (χ3v) is 8.68. The van der Waals surface area contributed by atoms with Crippen LogP contribution in [0.15, 0.2) is 0 Å². The van der Waals surface area contributed by atoms with Crippen LogP contribution in [0.2, 0.25) is 18.1 Å². The lowest BCUT2D eigenvalue weighted by atomic mass is 10.1. The van der Waals surface area contributed by atoms with Gasteiger partial charge in [0, 0.05) is 9.52 Å². The van der Waals surface area contributed by atoms with Crippen LogP contribution in [0.1, 0.15) is 52.4 Å². The summed E-state index contributed by atoms with van der Waals surface area (Å²) in [5, 5.41) is 0. The fourth-order valence-electron chi connectivity index (χ4n) is 1.76. The molecule has 0 N–H and O–H groups in total. The highest BCUT2D eigenvalue weighted by atomic mass is 32.4. The predicted molar refractivity (Wildman–Crippen MR) is 83.0 cm³/mol. The van der Waals surface area contributed by atoms with Gasteiger partial charge in [0.1, 0.15) is 0 Å². The molecule has 0 aliphatic carbocycles. The van der Waals surface area contributed by atoms with E-state index in [0.717, 1.165) is 0 Å². The molecule has 0 aromatic carbocycles. The van der Waals surface area contributed by atoms with Crippen LogP contribution in [0.3, 0.4) is 0 Å². The van der Waals surface area contributed by atoms with Crippen LogP contribution < -0.4 is 0 Å². The minimum Gasteiger partial charge on any atom is -0.194 e. The van der Waals surface area contributed by atoms with Crippen molar-refractivity contribution < 1.29 is 0 Å². The number of hydrogen-bond donors (Lipinski definition) is 0. The molecule has 0 bridgehead atoms. The molecule has 0 saturated heterocycles. The summed E-state index contributed by atoms with van der Waals surface area (Å²) in [6.45, 7) is 4.68. The summed E-state index contributed by atoms with van der Waals surface area (Å²) in [6, 6.07) is 4.60. The Bertz CT molecular complexity index is 97.8. The second-order valence-electron chi connectivity index (χ2n) is 4.44. The third kappa shape index (κ3) is 14.8. The van der Waals surface area contributed by atoms with Gasteiger partial charge in [-0.1, -0.05) is 64.1 Å².